The maximum Gasteiger partial charge on any atom is 0.238 e. The van der Waals surface area contributed by atoms with E-state index < -0.39 is 0 Å². The molecule has 6 heteroatoms. The fourth-order valence-corrected chi connectivity index (χ4v) is 1.45. The van der Waals surface area contributed by atoms with E-state index in [0.29, 0.717) is 26.4 Å². The van der Waals surface area contributed by atoms with Gasteiger partial charge in [-0.25, -0.2) is 10.4 Å². The second-order valence-corrected chi connectivity index (χ2v) is 3.73. The first-order valence-corrected chi connectivity index (χ1v) is 5.59. The molecule has 1 saturated heterocycles. The fourth-order valence-electron chi connectivity index (χ4n) is 1.45. The first kappa shape index (κ1) is 13.4. The maximum absolute atomic E-state index is 11.6. The molecular weight excluding hydrogens is 210 g/mol. The molecule has 1 rings (SSSR count). The lowest BCUT2D eigenvalue weighted by Crippen LogP contribution is -2.54. The molecule has 94 valence electrons. The topological polar surface area (TPSA) is 62.8 Å². The van der Waals surface area contributed by atoms with Crippen molar-refractivity contribution in [1.82, 2.24) is 15.8 Å². The highest BCUT2D eigenvalue weighted by Crippen LogP contribution is 1.94. The van der Waals surface area contributed by atoms with Crippen LogP contribution in [0.1, 0.15) is 6.92 Å². The van der Waals surface area contributed by atoms with Crippen molar-refractivity contribution < 1.29 is 14.3 Å². The quantitative estimate of drug-likeness (QED) is 0.573. The molecule has 1 atom stereocenters. The number of carbonyl (C=O) groups excluding carboxylic acids is 1. The summed E-state index contributed by atoms with van der Waals surface area (Å²) in [6.45, 7) is 5.99. The van der Waals surface area contributed by atoms with E-state index in [1.54, 1.807) is 7.11 Å². The van der Waals surface area contributed by atoms with Crippen LogP contribution in [-0.2, 0) is 14.3 Å². The first-order chi connectivity index (χ1) is 7.74. The largest absolute Gasteiger partial charge is 0.383 e. The number of hydrazine groups is 1. The second kappa shape index (κ2) is 7.56. The molecule has 0 aromatic rings. The lowest BCUT2D eigenvalue weighted by atomic mass is 10.3. The van der Waals surface area contributed by atoms with Gasteiger partial charge in [-0.3, -0.25) is 4.79 Å². The van der Waals surface area contributed by atoms with Crippen molar-refractivity contribution in [1.29, 1.82) is 0 Å². The normalized spacial score (nSPS) is 19.4. The summed E-state index contributed by atoms with van der Waals surface area (Å²) in [5.74, 6) is -0.0106. The van der Waals surface area contributed by atoms with Gasteiger partial charge in [0.2, 0.25) is 5.91 Å². The molecule has 0 bridgehead atoms. The summed E-state index contributed by atoms with van der Waals surface area (Å²) >= 11 is 0. The number of hydrogen-bond acceptors (Lipinski definition) is 5. The van der Waals surface area contributed by atoms with Crippen LogP contribution in [0.4, 0.5) is 0 Å². The van der Waals surface area contributed by atoms with Gasteiger partial charge in [0.1, 0.15) is 0 Å². The highest BCUT2D eigenvalue weighted by Gasteiger charge is 2.17. The van der Waals surface area contributed by atoms with Gasteiger partial charge in [0.05, 0.1) is 25.9 Å². The molecule has 1 aliphatic rings. The Bertz CT molecular complexity index is 207. The minimum absolute atomic E-state index is 0.0106. The summed E-state index contributed by atoms with van der Waals surface area (Å²) in [7, 11) is 1.61. The molecule has 1 fully saturated rings. The van der Waals surface area contributed by atoms with E-state index in [0.717, 1.165) is 13.1 Å². The van der Waals surface area contributed by atoms with E-state index in [1.165, 1.54) is 0 Å². The first-order valence-electron chi connectivity index (χ1n) is 5.59. The monoisotopic (exact) mass is 231 g/mol. The van der Waals surface area contributed by atoms with Gasteiger partial charge < -0.3 is 14.8 Å². The zero-order chi connectivity index (χ0) is 11.8. The molecule has 0 aliphatic carbocycles. The molecule has 1 heterocycles. The van der Waals surface area contributed by atoms with Crippen LogP contribution < -0.4 is 10.7 Å². The maximum atomic E-state index is 11.6. The van der Waals surface area contributed by atoms with Crippen LogP contribution in [-0.4, -0.2) is 63.5 Å². The number of nitrogens with zero attached hydrogens (tertiary/aromatic N) is 1. The van der Waals surface area contributed by atoms with E-state index in [1.807, 2.05) is 11.9 Å². The van der Waals surface area contributed by atoms with Crippen molar-refractivity contribution in [3.05, 3.63) is 0 Å². The van der Waals surface area contributed by atoms with E-state index in [4.69, 9.17) is 9.47 Å². The third kappa shape index (κ3) is 4.89. The smallest absolute Gasteiger partial charge is 0.238 e. The standard InChI is InChI=1S/C10H21N3O3/c1-9(10(14)11-3-6-15-2)12-13-4-7-16-8-5-13/h9,12H,3-8H2,1-2H3,(H,11,14). The Morgan fingerprint density at radius 2 is 2.19 bits per heavy atom. The molecule has 0 radical (unpaired) electrons. The Kier molecular flexibility index (Phi) is 6.32. The Morgan fingerprint density at radius 3 is 2.81 bits per heavy atom. The Hall–Kier alpha value is -0.690. The van der Waals surface area contributed by atoms with Crippen molar-refractivity contribution in [3.63, 3.8) is 0 Å². The Balaban J connectivity index is 2.16. The number of carbonyl (C=O) groups is 1. The third-order valence-corrected chi connectivity index (χ3v) is 2.39. The van der Waals surface area contributed by atoms with Crippen LogP contribution >= 0.6 is 0 Å². The number of amides is 1. The highest BCUT2D eigenvalue weighted by atomic mass is 16.5. The van der Waals surface area contributed by atoms with Crippen molar-refractivity contribution in [3.8, 4) is 0 Å². The minimum atomic E-state index is -0.227. The molecular formula is C10H21N3O3. The molecule has 16 heavy (non-hydrogen) atoms. The predicted molar refractivity (Wildman–Crippen MR) is 59.9 cm³/mol. The molecule has 0 aromatic carbocycles. The van der Waals surface area contributed by atoms with Gasteiger partial charge >= 0.3 is 0 Å². The van der Waals surface area contributed by atoms with E-state index >= 15 is 0 Å². The third-order valence-electron chi connectivity index (χ3n) is 2.39. The van der Waals surface area contributed by atoms with Crippen LogP contribution in [0, 0.1) is 0 Å². The number of rotatable bonds is 6. The lowest BCUT2D eigenvalue weighted by Gasteiger charge is -2.29. The van der Waals surface area contributed by atoms with Crippen molar-refractivity contribution in [2.24, 2.45) is 0 Å². The van der Waals surface area contributed by atoms with Gasteiger partial charge in [0.15, 0.2) is 0 Å². The van der Waals surface area contributed by atoms with Gasteiger partial charge in [0, 0.05) is 26.7 Å². The Morgan fingerprint density at radius 1 is 1.50 bits per heavy atom. The van der Waals surface area contributed by atoms with Crippen LogP contribution in [0.15, 0.2) is 0 Å². The molecule has 1 unspecified atom stereocenters. The zero-order valence-corrected chi connectivity index (χ0v) is 9.99. The average Bonchev–Trinajstić information content (AvgIpc) is 2.30. The number of morpholine rings is 1. The summed E-state index contributed by atoms with van der Waals surface area (Å²) in [5.41, 5.74) is 3.15. The summed E-state index contributed by atoms with van der Waals surface area (Å²) in [6.07, 6.45) is 0. The second-order valence-electron chi connectivity index (χ2n) is 3.73. The van der Waals surface area contributed by atoms with Crippen LogP contribution in [0.3, 0.4) is 0 Å². The van der Waals surface area contributed by atoms with Crippen molar-refractivity contribution in [2.75, 3.05) is 46.6 Å². The number of methoxy groups -OCH3 is 1. The molecule has 0 spiro atoms. The fraction of sp³-hybridized carbons (Fsp3) is 0.900. The summed E-state index contributed by atoms with van der Waals surface area (Å²) in [5, 5.41) is 4.81. The van der Waals surface area contributed by atoms with Crippen LogP contribution in [0.2, 0.25) is 0 Å². The average molecular weight is 231 g/mol. The summed E-state index contributed by atoms with van der Waals surface area (Å²) in [4.78, 5) is 11.6. The van der Waals surface area contributed by atoms with Crippen LogP contribution in [0.5, 0.6) is 0 Å². The molecule has 1 amide bonds. The van der Waals surface area contributed by atoms with Gasteiger partial charge in [-0.2, -0.15) is 0 Å². The summed E-state index contributed by atoms with van der Waals surface area (Å²) < 4.78 is 10.1. The van der Waals surface area contributed by atoms with Crippen LogP contribution in [0.25, 0.3) is 0 Å². The molecule has 1 aliphatic heterocycles. The number of nitrogens with one attached hydrogen (secondary N) is 2. The van der Waals surface area contributed by atoms with Gasteiger partial charge in [0.25, 0.3) is 0 Å². The molecule has 6 nitrogen and oxygen atoms in total. The zero-order valence-electron chi connectivity index (χ0n) is 9.99. The predicted octanol–water partition coefficient (Wildman–Crippen LogP) is -1.03. The molecule has 0 saturated carbocycles. The SMILES string of the molecule is COCCNC(=O)C(C)NN1CCOCC1. The van der Waals surface area contributed by atoms with E-state index in [2.05, 4.69) is 10.7 Å². The van der Waals surface area contributed by atoms with E-state index in [-0.39, 0.29) is 11.9 Å². The van der Waals surface area contributed by atoms with Gasteiger partial charge in [-0.15, -0.1) is 0 Å². The van der Waals surface area contributed by atoms with Crippen molar-refractivity contribution in [2.45, 2.75) is 13.0 Å². The molecule has 2 N–H and O–H groups in total. The Labute approximate surface area is 96.2 Å². The number of ether oxygens (including phenoxy) is 2. The van der Waals surface area contributed by atoms with Gasteiger partial charge in [-0.1, -0.05) is 0 Å². The number of hydrogen-bond donors (Lipinski definition) is 2. The molecule has 0 aromatic heterocycles. The van der Waals surface area contributed by atoms with Gasteiger partial charge in [-0.05, 0) is 6.92 Å². The van der Waals surface area contributed by atoms with Crippen molar-refractivity contribution >= 4 is 5.91 Å². The van der Waals surface area contributed by atoms with E-state index in [9.17, 15) is 4.79 Å². The summed E-state index contributed by atoms with van der Waals surface area (Å²) in [6, 6.07) is -0.227. The minimum Gasteiger partial charge on any atom is -0.383 e. The lowest BCUT2D eigenvalue weighted by molar-refractivity contribution is -0.125. The highest BCUT2D eigenvalue weighted by molar-refractivity contribution is 5.81.